The monoisotopic (exact) mass is 331 g/mol. The standard InChI is InChI=1S/C15H25NO7/c1-8(12(17)18)16-7-15-11(22-14(4,5)23-15)10-9(6-19-15)20-13(2,3)21-10/h8-11,16H,6-7H2,1-5H3,(H,17,18). The van der Waals surface area contributed by atoms with Gasteiger partial charge in [0.05, 0.1) is 13.2 Å². The molecule has 0 aromatic heterocycles. The number of carbonyl (C=O) groups is 1. The molecule has 2 N–H and O–H groups in total. The summed E-state index contributed by atoms with van der Waals surface area (Å²) in [6, 6.07) is -0.726. The fraction of sp³-hybridized carbons (Fsp3) is 0.933. The first-order valence-electron chi connectivity index (χ1n) is 7.87. The van der Waals surface area contributed by atoms with Crippen LogP contribution >= 0.6 is 0 Å². The Kier molecular flexibility index (Phi) is 3.98. The zero-order valence-corrected chi connectivity index (χ0v) is 14.1. The van der Waals surface area contributed by atoms with Crippen molar-refractivity contribution >= 4 is 5.97 Å². The molecule has 0 aromatic rings. The zero-order valence-electron chi connectivity index (χ0n) is 14.1. The van der Waals surface area contributed by atoms with E-state index in [2.05, 4.69) is 5.32 Å². The molecule has 0 bridgehead atoms. The van der Waals surface area contributed by atoms with Crippen LogP contribution in [0.3, 0.4) is 0 Å². The van der Waals surface area contributed by atoms with Gasteiger partial charge < -0.3 is 28.8 Å². The smallest absolute Gasteiger partial charge is 0.320 e. The van der Waals surface area contributed by atoms with E-state index in [1.165, 1.54) is 0 Å². The van der Waals surface area contributed by atoms with E-state index in [0.29, 0.717) is 6.61 Å². The lowest BCUT2D eigenvalue weighted by atomic mass is 9.96. The number of carboxylic acids is 1. The molecule has 0 spiro atoms. The molecule has 3 fully saturated rings. The maximum atomic E-state index is 11.0. The number of fused-ring (bicyclic) bond motifs is 3. The van der Waals surface area contributed by atoms with Crippen molar-refractivity contribution in [1.82, 2.24) is 5.32 Å². The Balaban J connectivity index is 1.81. The predicted octanol–water partition coefficient (Wildman–Crippen LogP) is 0.447. The largest absolute Gasteiger partial charge is 0.480 e. The summed E-state index contributed by atoms with van der Waals surface area (Å²) in [5, 5.41) is 12.0. The van der Waals surface area contributed by atoms with E-state index < -0.39 is 35.5 Å². The van der Waals surface area contributed by atoms with Gasteiger partial charge in [0.15, 0.2) is 11.6 Å². The first kappa shape index (κ1) is 17.1. The molecule has 3 aliphatic rings. The SMILES string of the molecule is CC(NCC12OCC3OC(C)(C)OC3C1OC(C)(C)O2)C(=O)O. The molecular weight excluding hydrogens is 306 g/mol. The summed E-state index contributed by atoms with van der Waals surface area (Å²) in [6.07, 6.45) is -1.08. The Labute approximate surface area is 135 Å². The topological polar surface area (TPSA) is 95.5 Å². The van der Waals surface area contributed by atoms with Gasteiger partial charge in [-0.15, -0.1) is 0 Å². The van der Waals surface area contributed by atoms with E-state index >= 15 is 0 Å². The lowest BCUT2D eigenvalue weighted by Crippen LogP contribution is -2.63. The van der Waals surface area contributed by atoms with E-state index in [1.54, 1.807) is 20.8 Å². The summed E-state index contributed by atoms with van der Waals surface area (Å²) in [5.41, 5.74) is 0. The highest BCUT2D eigenvalue weighted by Gasteiger charge is 2.65. The van der Waals surface area contributed by atoms with Crippen LogP contribution in [-0.4, -0.2) is 65.9 Å². The van der Waals surface area contributed by atoms with E-state index in [9.17, 15) is 4.79 Å². The van der Waals surface area contributed by atoms with Crippen LogP contribution in [-0.2, 0) is 28.5 Å². The van der Waals surface area contributed by atoms with Crippen molar-refractivity contribution in [2.75, 3.05) is 13.2 Å². The Morgan fingerprint density at radius 2 is 1.91 bits per heavy atom. The third kappa shape index (κ3) is 3.11. The highest BCUT2D eigenvalue weighted by Crippen LogP contribution is 2.47. The number of nitrogens with one attached hydrogen (secondary N) is 1. The molecule has 0 saturated carbocycles. The summed E-state index contributed by atoms with van der Waals surface area (Å²) in [4.78, 5) is 11.0. The Morgan fingerprint density at radius 1 is 1.22 bits per heavy atom. The normalized spacial score (nSPS) is 42.0. The van der Waals surface area contributed by atoms with Gasteiger partial charge in [-0.05, 0) is 34.6 Å². The minimum absolute atomic E-state index is 0.182. The Hall–Kier alpha value is -0.770. The van der Waals surface area contributed by atoms with Crippen molar-refractivity contribution in [1.29, 1.82) is 0 Å². The van der Waals surface area contributed by atoms with Gasteiger partial charge in [-0.25, -0.2) is 0 Å². The molecule has 8 heteroatoms. The van der Waals surface area contributed by atoms with Crippen LogP contribution in [0.4, 0.5) is 0 Å². The number of hydrogen-bond acceptors (Lipinski definition) is 7. The molecule has 0 amide bonds. The molecule has 5 atom stereocenters. The molecule has 3 saturated heterocycles. The minimum Gasteiger partial charge on any atom is -0.480 e. The lowest BCUT2D eigenvalue weighted by Gasteiger charge is -2.41. The van der Waals surface area contributed by atoms with Gasteiger partial charge in [0.2, 0.25) is 5.79 Å². The average Bonchev–Trinajstić information content (AvgIpc) is 2.87. The van der Waals surface area contributed by atoms with Gasteiger partial charge in [0.25, 0.3) is 0 Å². The molecule has 0 aromatic carbocycles. The third-order valence-corrected chi connectivity index (χ3v) is 4.30. The van der Waals surface area contributed by atoms with Gasteiger partial charge >= 0.3 is 5.97 Å². The van der Waals surface area contributed by atoms with Crippen LogP contribution < -0.4 is 5.32 Å². The molecule has 23 heavy (non-hydrogen) atoms. The fourth-order valence-corrected chi connectivity index (χ4v) is 3.36. The van der Waals surface area contributed by atoms with E-state index in [-0.39, 0.29) is 18.8 Å². The molecule has 5 unspecified atom stereocenters. The first-order chi connectivity index (χ1) is 10.5. The second-order valence-electron chi connectivity index (χ2n) is 7.24. The van der Waals surface area contributed by atoms with Gasteiger partial charge in [-0.3, -0.25) is 10.1 Å². The fourth-order valence-electron chi connectivity index (χ4n) is 3.36. The van der Waals surface area contributed by atoms with Crippen molar-refractivity contribution in [3.05, 3.63) is 0 Å². The predicted molar refractivity (Wildman–Crippen MR) is 77.6 cm³/mol. The van der Waals surface area contributed by atoms with Crippen LogP contribution in [0.25, 0.3) is 0 Å². The Bertz CT molecular complexity index is 494. The summed E-state index contributed by atoms with van der Waals surface area (Å²) < 4.78 is 29.8. The van der Waals surface area contributed by atoms with Crippen molar-refractivity contribution in [2.45, 2.75) is 76.3 Å². The highest BCUT2D eigenvalue weighted by atomic mass is 16.9. The number of carboxylic acid groups (broad SMARTS) is 1. The third-order valence-electron chi connectivity index (χ3n) is 4.30. The summed E-state index contributed by atoms with van der Waals surface area (Å²) in [5.74, 6) is -3.61. The minimum atomic E-state index is -1.10. The molecule has 0 radical (unpaired) electrons. The van der Waals surface area contributed by atoms with Gasteiger partial charge in [-0.1, -0.05) is 0 Å². The summed E-state index contributed by atoms with van der Waals surface area (Å²) in [7, 11) is 0. The van der Waals surface area contributed by atoms with Crippen molar-refractivity contribution in [3.63, 3.8) is 0 Å². The second-order valence-corrected chi connectivity index (χ2v) is 7.24. The van der Waals surface area contributed by atoms with Crippen LogP contribution in [0.2, 0.25) is 0 Å². The first-order valence-corrected chi connectivity index (χ1v) is 7.87. The zero-order chi connectivity index (χ0) is 17.0. The van der Waals surface area contributed by atoms with Crippen molar-refractivity contribution < 1.29 is 33.6 Å². The molecular formula is C15H25NO7. The van der Waals surface area contributed by atoms with Crippen molar-refractivity contribution in [2.24, 2.45) is 0 Å². The summed E-state index contributed by atoms with van der Waals surface area (Å²) in [6.45, 7) is 9.34. The van der Waals surface area contributed by atoms with E-state index in [1.807, 2.05) is 13.8 Å². The lowest BCUT2D eigenvalue weighted by molar-refractivity contribution is -0.278. The number of rotatable bonds is 4. The molecule has 3 aliphatic heterocycles. The van der Waals surface area contributed by atoms with Crippen LogP contribution in [0, 0.1) is 0 Å². The number of hydrogen-bond donors (Lipinski definition) is 2. The molecule has 0 aliphatic carbocycles. The van der Waals surface area contributed by atoms with E-state index in [0.717, 1.165) is 0 Å². The van der Waals surface area contributed by atoms with E-state index in [4.69, 9.17) is 28.8 Å². The molecule has 132 valence electrons. The molecule has 3 rings (SSSR count). The Morgan fingerprint density at radius 3 is 2.57 bits per heavy atom. The maximum absolute atomic E-state index is 11.0. The summed E-state index contributed by atoms with van der Waals surface area (Å²) >= 11 is 0. The quantitative estimate of drug-likeness (QED) is 0.766. The van der Waals surface area contributed by atoms with Gasteiger partial charge in [0.1, 0.15) is 24.4 Å². The number of ether oxygens (including phenoxy) is 5. The van der Waals surface area contributed by atoms with Crippen LogP contribution in [0.15, 0.2) is 0 Å². The number of aliphatic carboxylic acids is 1. The second kappa shape index (κ2) is 5.37. The van der Waals surface area contributed by atoms with Crippen LogP contribution in [0.1, 0.15) is 34.6 Å². The van der Waals surface area contributed by atoms with Crippen molar-refractivity contribution in [3.8, 4) is 0 Å². The van der Waals surface area contributed by atoms with Gasteiger partial charge in [-0.2, -0.15) is 0 Å². The molecule has 8 nitrogen and oxygen atoms in total. The highest BCUT2D eigenvalue weighted by molar-refractivity contribution is 5.72. The van der Waals surface area contributed by atoms with Crippen LogP contribution in [0.5, 0.6) is 0 Å². The molecule has 3 heterocycles. The van der Waals surface area contributed by atoms with Gasteiger partial charge in [0, 0.05) is 0 Å². The maximum Gasteiger partial charge on any atom is 0.320 e. The average molecular weight is 331 g/mol.